The van der Waals surface area contributed by atoms with Crippen molar-refractivity contribution in [2.24, 2.45) is 12.8 Å². The van der Waals surface area contributed by atoms with Crippen LogP contribution in [-0.4, -0.2) is 9.78 Å². The Morgan fingerprint density at radius 2 is 2.23 bits per heavy atom. The Kier molecular flexibility index (Phi) is 1.81. The Morgan fingerprint density at radius 3 is 2.92 bits per heavy atom. The summed E-state index contributed by atoms with van der Waals surface area (Å²) in [5.41, 5.74) is 7.96. The second-order valence-corrected chi connectivity index (χ2v) is 3.41. The molecule has 1 atom stereocenters. The van der Waals surface area contributed by atoms with Crippen LogP contribution in [0.3, 0.4) is 0 Å². The highest BCUT2D eigenvalue weighted by Crippen LogP contribution is 2.17. The summed E-state index contributed by atoms with van der Waals surface area (Å²) in [6.07, 6.45) is 2.00. The van der Waals surface area contributed by atoms with E-state index in [1.54, 1.807) is 0 Å². The van der Waals surface area contributed by atoms with Gasteiger partial charge in [0, 0.05) is 24.7 Å². The molecule has 1 unspecified atom stereocenters. The monoisotopic (exact) mass is 175 g/mol. The van der Waals surface area contributed by atoms with Gasteiger partial charge in [-0.2, -0.15) is 5.10 Å². The molecule has 0 fully saturated rings. The number of nitrogens with two attached hydrogens (primary N) is 1. The van der Waals surface area contributed by atoms with Crippen molar-refractivity contribution in [1.29, 1.82) is 0 Å². The van der Waals surface area contributed by atoms with Crippen LogP contribution in [0.5, 0.6) is 0 Å². The molecule has 1 aromatic carbocycles. The maximum Gasteiger partial charge on any atom is 0.0923 e. The maximum atomic E-state index is 5.78. The van der Waals surface area contributed by atoms with Crippen LogP contribution in [-0.2, 0) is 7.05 Å². The lowest BCUT2D eigenvalue weighted by molar-refractivity contribution is 0.780. The summed E-state index contributed by atoms with van der Waals surface area (Å²) in [6, 6.07) is 6.21. The van der Waals surface area contributed by atoms with Crippen molar-refractivity contribution in [3.8, 4) is 0 Å². The molecule has 0 bridgehead atoms. The molecule has 0 amide bonds. The van der Waals surface area contributed by atoms with E-state index in [-0.39, 0.29) is 6.04 Å². The fourth-order valence-corrected chi connectivity index (χ4v) is 1.45. The van der Waals surface area contributed by atoms with Gasteiger partial charge in [-0.1, -0.05) is 6.07 Å². The molecule has 3 heteroatoms. The first-order valence-electron chi connectivity index (χ1n) is 4.36. The van der Waals surface area contributed by atoms with Crippen molar-refractivity contribution in [3.05, 3.63) is 30.0 Å². The predicted molar refractivity (Wildman–Crippen MR) is 53.3 cm³/mol. The van der Waals surface area contributed by atoms with Crippen molar-refractivity contribution < 1.29 is 0 Å². The van der Waals surface area contributed by atoms with E-state index in [0.717, 1.165) is 16.5 Å². The van der Waals surface area contributed by atoms with Crippen LogP contribution in [0.2, 0.25) is 0 Å². The quantitative estimate of drug-likeness (QED) is 0.715. The lowest BCUT2D eigenvalue weighted by Crippen LogP contribution is -2.04. The Morgan fingerprint density at radius 1 is 1.46 bits per heavy atom. The van der Waals surface area contributed by atoms with E-state index in [4.69, 9.17) is 5.73 Å². The first-order chi connectivity index (χ1) is 6.16. The molecule has 1 aromatic heterocycles. The van der Waals surface area contributed by atoms with Crippen LogP contribution >= 0.6 is 0 Å². The van der Waals surface area contributed by atoms with Gasteiger partial charge in [-0.05, 0) is 24.6 Å². The highest BCUT2D eigenvalue weighted by Gasteiger charge is 2.02. The summed E-state index contributed by atoms with van der Waals surface area (Å²) in [5.74, 6) is 0. The molecule has 2 rings (SSSR count). The van der Waals surface area contributed by atoms with Crippen LogP contribution in [0.25, 0.3) is 10.9 Å². The molecule has 0 spiro atoms. The fourth-order valence-electron chi connectivity index (χ4n) is 1.45. The lowest BCUT2D eigenvalue weighted by Gasteiger charge is -2.03. The van der Waals surface area contributed by atoms with E-state index >= 15 is 0 Å². The summed E-state index contributed by atoms with van der Waals surface area (Å²) in [7, 11) is 1.92. The van der Waals surface area contributed by atoms with Gasteiger partial charge in [0.25, 0.3) is 0 Å². The van der Waals surface area contributed by atoms with Crippen LogP contribution in [0, 0.1) is 0 Å². The molecular weight excluding hydrogens is 162 g/mol. The van der Waals surface area contributed by atoms with Gasteiger partial charge in [0.05, 0.1) is 5.52 Å². The highest BCUT2D eigenvalue weighted by molar-refractivity contribution is 5.78. The number of rotatable bonds is 1. The summed E-state index contributed by atoms with van der Waals surface area (Å²) in [5, 5.41) is 5.44. The third-order valence-corrected chi connectivity index (χ3v) is 2.17. The van der Waals surface area contributed by atoms with E-state index in [1.807, 2.05) is 37.0 Å². The zero-order chi connectivity index (χ0) is 9.42. The SMILES string of the molecule is CC(N)c1ccc2nn(C)cc2c1. The van der Waals surface area contributed by atoms with Gasteiger partial charge in [0.1, 0.15) is 0 Å². The van der Waals surface area contributed by atoms with Gasteiger partial charge in [-0.3, -0.25) is 4.68 Å². The second-order valence-electron chi connectivity index (χ2n) is 3.41. The Balaban J connectivity index is 2.61. The van der Waals surface area contributed by atoms with Crippen LogP contribution < -0.4 is 5.73 Å². The molecule has 0 saturated carbocycles. The Hall–Kier alpha value is -1.35. The molecule has 0 aliphatic heterocycles. The molecule has 0 radical (unpaired) electrons. The van der Waals surface area contributed by atoms with E-state index in [1.165, 1.54) is 0 Å². The second kappa shape index (κ2) is 2.85. The zero-order valence-corrected chi connectivity index (χ0v) is 7.86. The van der Waals surface area contributed by atoms with Crippen molar-refractivity contribution >= 4 is 10.9 Å². The molecule has 2 aromatic rings. The summed E-state index contributed by atoms with van der Waals surface area (Å²) < 4.78 is 1.82. The number of aromatic nitrogens is 2. The number of hydrogen-bond donors (Lipinski definition) is 1. The smallest absolute Gasteiger partial charge is 0.0923 e. The van der Waals surface area contributed by atoms with Crippen molar-refractivity contribution in [2.45, 2.75) is 13.0 Å². The standard InChI is InChI=1S/C10H13N3/c1-7(11)8-3-4-10-9(5-8)6-13(2)12-10/h3-7H,11H2,1-2H3. The topological polar surface area (TPSA) is 43.8 Å². The summed E-state index contributed by atoms with van der Waals surface area (Å²) >= 11 is 0. The van der Waals surface area contributed by atoms with Crippen LogP contribution in [0.4, 0.5) is 0 Å². The maximum absolute atomic E-state index is 5.78. The van der Waals surface area contributed by atoms with Gasteiger partial charge in [-0.25, -0.2) is 0 Å². The van der Waals surface area contributed by atoms with E-state index in [2.05, 4.69) is 11.2 Å². The van der Waals surface area contributed by atoms with Crippen LogP contribution in [0.15, 0.2) is 24.4 Å². The van der Waals surface area contributed by atoms with Gasteiger partial charge in [-0.15, -0.1) is 0 Å². The van der Waals surface area contributed by atoms with Gasteiger partial charge in [0.15, 0.2) is 0 Å². The van der Waals surface area contributed by atoms with Crippen molar-refractivity contribution in [3.63, 3.8) is 0 Å². The average molecular weight is 175 g/mol. The van der Waals surface area contributed by atoms with E-state index in [9.17, 15) is 0 Å². The number of aryl methyl sites for hydroxylation is 1. The third-order valence-electron chi connectivity index (χ3n) is 2.17. The first kappa shape index (κ1) is 8.26. The van der Waals surface area contributed by atoms with Gasteiger partial charge >= 0.3 is 0 Å². The molecule has 68 valence electrons. The van der Waals surface area contributed by atoms with Crippen molar-refractivity contribution in [2.75, 3.05) is 0 Å². The molecule has 0 saturated heterocycles. The highest BCUT2D eigenvalue weighted by atomic mass is 15.2. The minimum Gasteiger partial charge on any atom is -0.324 e. The fraction of sp³-hybridized carbons (Fsp3) is 0.300. The average Bonchev–Trinajstić information content (AvgIpc) is 2.42. The van der Waals surface area contributed by atoms with Crippen LogP contribution in [0.1, 0.15) is 18.5 Å². The molecule has 0 aliphatic rings. The molecule has 1 heterocycles. The predicted octanol–water partition coefficient (Wildman–Crippen LogP) is 1.59. The van der Waals surface area contributed by atoms with E-state index in [0.29, 0.717) is 0 Å². The minimum atomic E-state index is 0.0876. The van der Waals surface area contributed by atoms with Gasteiger partial charge in [0.2, 0.25) is 0 Å². The minimum absolute atomic E-state index is 0.0876. The Bertz CT molecular complexity index is 429. The molecule has 13 heavy (non-hydrogen) atoms. The zero-order valence-electron chi connectivity index (χ0n) is 7.86. The third kappa shape index (κ3) is 1.42. The number of fused-ring (bicyclic) bond motifs is 1. The van der Waals surface area contributed by atoms with Gasteiger partial charge < -0.3 is 5.73 Å². The normalized spacial score (nSPS) is 13.5. The Labute approximate surface area is 77.2 Å². The molecular formula is C10H13N3. The molecule has 3 nitrogen and oxygen atoms in total. The van der Waals surface area contributed by atoms with E-state index < -0.39 is 0 Å². The summed E-state index contributed by atoms with van der Waals surface area (Å²) in [6.45, 7) is 1.98. The van der Waals surface area contributed by atoms with Crippen molar-refractivity contribution in [1.82, 2.24) is 9.78 Å². The lowest BCUT2D eigenvalue weighted by atomic mass is 10.1. The molecule has 2 N–H and O–H groups in total. The molecule has 0 aliphatic carbocycles. The number of nitrogens with zero attached hydrogens (tertiary/aromatic N) is 2. The first-order valence-corrected chi connectivity index (χ1v) is 4.36. The number of benzene rings is 1. The summed E-state index contributed by atoms with van der Waals surface area (Å²) in [4.78, 5) is 0. The number of hydrogen-bond acceptors (Lipinski definition) is 2. The largest absolute Gasteiger partial charge is 0.324 e.